The molecule has 5 heteroatoms. The third-order valence-electron chi connectivity index (χ3n) is 11.8. The van der Waals surface area contributed by atoms with Gasteiger partial charge in [-0.05, 0) is 0 Å². The van der Waals surface area contributed by atoms with Crippen LogP contribution in [0, 0.1) is 0 Å². The molecule has 0 atom stereocenters. The third-order valence-corrected chi connectivity index (χ3v) is 17.7. The summed E-state index contributed by atoms with van der Waals surface area (Å²) in [6.07, 6.45) is 3.52. The molecule has 58 heavy (non-hydrogen) atoms. The summed E-state index contributed by atoms with van der Waals surface area (Å²) >= 11 is 2.44. The van der Waals surface area contributed by atoms with Gasteiger partial charge in [-0.2, -0.15) is 0 Å². The number of hydrogen-bond donors (Lipinski definition) is 0. The summed E-state index contributed by atoms with van der Waals surface area (Å²) in [5.74, 6) is 0. The van der Waals surface area contributed by atoms with E-state index >= 15 is 0 Å². The van der Waals surface area contributed by atoms with E-state index in [1.807, 2.05) is 0 Å². The van der Waals surface area contributed by atoms with Gasteiger partial charge in [0.2, 0.25) is 0 Å². The molecule has 0 bridgehead atoms. The molecular formula is C53H71Cl3SiTi. The number of benzene rings is 4. The topological polar surface area (TPSA) is 0 Å². The number of rotatable bonds is 5. The molecule has 4 aromatic carbocycles. The zero-order valence-corrected chi connectivity index (χ0v) is 43.8. The van der Waals surface area contributed by atoms with E-state index in [4.69, 9.17) is 0 Å². The van der Waals surface area contributed by atoms with E-state index in [1.54, 1.807) is 5.20 Å². The van der Waals surface area contributed by atoms with Crippen molar-refractivity contribution in [3.8, 4) is 0 Å². The third kappa shape index (κ3) is 10.8. The van der Waals surface area contributed by atoms with Crippen LogP contribution in [0.1, 0.15) is 170 Å². The van der Waals surface area contributed by atoms with E-state index in [2.05, 4.69) is 236 Å². The zero-order chi connectivity index (χ0) is 41.3. The molecule has 0 unspecified atom stereocenters. The van der Waals surface area contributed by atoms with Gasteiger partial charge >= 0.3 is 352 Å². The first kappa shape index (κ1) is 52.3. The molecule has 0 saturated carbocycles. The smallest absolute Gasteiger partial charge is 1.00 e. The van der Waals surface area contributed by atoms with Gasteiger partial charge in [-0.15, -0.1) is 0 Å². The molecular weight excluding hydrogens is 819 g/mol. The predicted molar refractivity (Wildman–Crippen MR) is 242 cm³/mol. The first-order chi connectivity index (χ1) is 24.9. The first-order valence-corrected chi connectivity index (χ1v) is 23.4. The molecule has 1 aliphatic carbocycles. The van der Waals surface area contributed by atoms with Crippen molar-refractivity contribution < 1.29 is 57.7 Å². The summed E-state index contributed by atoms with van der Waals surface area (Å²) in [4.78, 5) is 0. The van der Waals surface area contributed by atoms with Crippen LogP contribution in [0.4, 0.5) is 0 Å². The van der Waals surface area contributed by atoms with Crippen molar-refractivity contribution in [3.63, 3.8) is 0 Å². The molecule has 1 aliphatic rings. The van der Waals surface area contributed by atoms with Gasteiger partial charge in [-0.25, -0.2) is 0 Å². The van der Waals surface area contributed by atoms with Crippen molar-refractivity contribution in [2.24, 2.45) is 0 Å². The van der Waals surface area contributed by atoms with Crippen LogP contribution in [0.5, 0.6) is 0 Å². The zero-order valence-electron chi connectivity index (χ0n) is 39.0. The molecule has 312 valence electrons. The molecule has 0 saturated heterocycles. The van der Waals surface area contributed by atoms with Crippen LogP contribution in [0.3, 0.4) is 0 Å². The van der Waals surface area contributed by atoms with Crippen molar-refractivity contribution in [3.05, 3.63) is 139 Å². The average Bonchev–Trinajstić information content (AvgIpc) is 3.44. The van der Waals surface area contributed by atoms with Gasteiger partial charge in [0.05, 0.1) is 0 Å². The molecule has 0 amide bonds. The number of halogens is 3. The molecule has 4 aromatic rings. The standard InChI is InChI=1S/C53H71Si.3ClH.Ti/c1-48(2,3)37-27-38(49(4,5)6)31-43(30-37)54(47-26-22-25-46(47)36-23-20-19-21-24-36,44-32-39(50(7,8)9)28-40(33-44)51(10,11)12)45-34-41(52(13,14)15)29-42(35-45)53(16,17)18;;;;/h19-21,23-25,27-35H,22H2,1-18H3;3*1H;/q;;;;+3/p-3. The van der Waals surface area contributed by atoms with Gasteiger partial charge in [-0.3, -0.25) is 0 Å². The second-order valence-corrected chi connectivity index (χ2v) is 27.4. The van der Waals surface area contributed by atoms with E-state index < -0.39 is 8.07 Å². The summed E-state index contributed by atoms with van der Waals surface area (Å²) in [5.41, 5.74) is 11.1. The SMILES string of the molecule is CC(C)(C)c1cc(C(C)(C)C)cc([Si](C2=[C]([Ti+3])CC=C2c2ccccc2)(c2cc(C(C)(C)C)cc(C(C)(C)C)c2)c2cc(C(C)(C)C)cc(C(C)(C)C)c2)c1.[Cl-].[Cl-].[Cl-]. The predicted octanol–water partition coefficient (Wildman–Crippen LogP) is 3.78. The summed E-state index contributed by atoms with van der Waals surface area (Å²) in [6, 6.07) is 34.8. The van der Waals surface area contributed by atoms with Crippen LogP contribution in [0.15, 0.2) is 100 Å². The normalized spacial score (nSPS) is 14.4. The minimum absolute atomic E-state index is 0. The van der Waals surface area contributed by atoms with Gasteiger partial charge in [0.1, 0.15) is 0 Å². The molecule has 0 nitrogen and oxygen atoms in total. The Labute approximate surface area is 386 Å². The van der Waals surface area contributed by atoms with Crippen molar-refractivity contribution in [1.29, 1.82) is 0 Å². The van der Waals surface area contributed by atoms with Crippen molar-refractivity contribution in [1.82, 2.24) is 0 Å². The van der Waals surface area contributed by atoms with Crippen LogP contribution in [-0.2, 0) is 52.9 Å². The fourth-order valence-electron chi connectivity index (χ4n) is 7.94. The van der Waals surface area contributed by atoms with Crippen LogP contribution >= 0.6 is 0 Å². The Morgan fingerprint density at radius 1 is 0.397 bits per heavy atom. The molecule has 0 spiro atoms. The van der Waals surface area contributed by atoms with Gasteiger partial charge in [0, 0.05) is 0 Å². The molecule has 0 N–H and O–H groups in total. The maximum Gasteiger partial charge on any atom is -1.00 e. The fraction of sp³-hybridized carbons (Fsp3) is 0.472. The van der Waals surface area contributed by atoms with Crippen LogP contribution in [0.2, 0.25) is 0 Å². The van der Waals surface area contributed by atoms with E-state index in [-0.39, 0.29) is 69.7 Å². The van der Waals surface area contributed by atoms with Crippen molar-refractivity contribution >= 4 is 29.2 Å². The summed E-state index contributed by atoms with van der Waals surface area (Å²) in [6.45, 7) is 43.1. The van der Waals surface area contributed by atoms with Crippen LogP contribution in [0.25, 0.3) is 5.57 Å². The Kier molecular flexibility index (Phi) is 16.1. The van der Waals surface area contributed by atoms with E-state index in [1.165, 1.54) is 64.0 Å². The van der Waals surface area contributed by atoms with Crippen molar-refractivity contribution in [2.45, 2.75) is 164 Å². The largest absolute Gasteiger partial charge is 1.00 e. The average molecular weight is 890 g/mol. The monoisotopic (exact) mass is 888 g/mol. The second-order valence-electron chi connectivity index (χ2n) is 22.7. The van der Waals surface area contributed by atoms with Crippen LogP contribution < -0.4 is 52.8 Å². The maximum absolute atomic E-state index is 3.15. The van der Waals surface area contributed by atoms with E-state index in [9.17, 15) is 0 Å². The Morgan fingerprint density at radius 2 is 0.655 bits per heavy atom. The quantitative estimate of drug-likeness (QED) is 0.212. The van der Waals surface area contributed by atoms with Gasteiger partial charge < -0.3 is 37.2 Å². The number of hydrogen-bond acceptors (Lipinski definition) is 0. The minimum Gasteiger partial charge on any atom is -1.00 e. The first-order valence-electron chi connectivity index (χ1n) is 20.7. The van der Waals surface area contributed by atoms with E-state index in [0.29, 0.717) is 0 Å². The number of allylic oxidation sites excluding steroid dienone is 4. The Hall–Kier alpha value is -1.84. The maximum atomic E-state index is 2.66. The molecule has 0 aromatic heterocycles. The fourth-order valence-corrected chi connectivity index (χ4v) is 14.5. The van der Waals surface area contributed by atoms with Gasteiger partial charge in [-0.1, -0.05) is 0 Å². The second kappa shape index (κ2) is 17.9. The van der Waals surface area contributed by atoms with Crippen molar-refractivity contribution in [2.75, 3.05) is 0 Å². The van der Waals surface area contributed by atoms with Crippen LogP contribution in [-0.4, -0.2) is 8.07 Å². The van der Waals surface area contributed by atoms with E-state index in [0.717, 1.165) is 6.42 Å². The molecule has 0 heterocycles. The molecule has 0 radical (unpaired) electrons. The summed E-state index contributed by atoms with van der Waals surface area (Å²) in [5, 5.41) is 6.07. The summed E-state index contributed by atoms with van der Waals surface area (Å²) in [7, 11) is -3.15. The van der Waals surface area contributed by atoms with Gasteiger partial charge in [0.25, 0.3) is 0 Å². The Bertz CT molecular complexity index is 1850. The molecule has 0 fully saturated rings. The van der Waals surface area contributed by atoms with Gasteiger partial charge in [0.15, 0.2) is 0 Å². The molecule has 5 rings (SSSR count). The Morgan fingerprint density at radius 3 is 0.897 bits per heavy atom. The Balaban J connectivity index is 0.00000387. The molecule has 0 aliphatic heterocycles. The summed E-state index contributed by atoms with van der Waals surface area (Å²) < 4.78 is 1.50. The minimum atomic E-state index is -3.15.